The molecule has 0 saturated carbocycles. The minimum absolute atomic E-state index is 0.0328. The van der Waals surface area contributed by atoms with Crippen molar-refractivity contribution in [2.75, 3.05) is 18.8 Å². The number of benzene rings is 2. The lowest BCUT2D eigenvalue weighted by Crippen LogP contribution is -2.46. The Kier molecular flexibility index (Phi) is 11.4. The fraction of sp³-hybridized carbons (Fsp3) is 0.355. The fourth-order valence-corrected chi connectivity index (χ4v) is 6.19. The molecule has 0 aliphatic heterocycles. The first-order chi connectivity index (χ1) is 20.7. The van der Waals surface area contributed by atoms with E-state index in [1.807, 2.05) is 31.4 Å². The van der Waals surface area contributed by atoms with Crippen molar-refractivity contribution in [2.45, 2.75) is 57.3 Å². The number of thiophene rings is 1. The van der Waals surface area contributed by atoms with Crippen molar-refractivity contribution in [3.05, 3.63) is 87.8 Å². The minimum atomic E-state index is -1.13. The average Bonchev–Trinajstić information content (AvgIpc) is 3.67. The van der Waals surface area contributed by atoms with Crippen LogP contribution < -0.4 is 5.32 Å². The highest BCUT2D eigenvalue weighted by Gasteiger charge is 2.25. The van der Waals surface area contributed by atoms with Gasteiger partial charge in [-0.15, -0.1) is 16.4 Å². The standard InChI is InChI=1S/C31H35F2N5O3S2/c1-4-8-38(9-5-2)30(41)22-12-19(3)11-21(16-22)29(40)34-25(15-20-13-23(32)17-24(33)14-20)26(39)18-43-31-35-28(36-37-31)27-7-6-10-42-27/h6-7,10-14,16-17,25-26,39H,4-5,8-9,15,18H2,1-3H3,(H,34,40)(H,35,36,37). The molecule has 12 heteroatoms. The SMILES string of the molecule is CCCN(CCC)C(=O)c1cc(C)cc(C(=O)NC(Cc2cc(F)cc(F)c2)C(O)CSc2n[nH]c(-c3cccs3)n2)c1. The zero-order valence-electron chi connectivity index (χ0n) is 24.3. The van der Waals surface area contributed by atoms with Gasteiger partial charge in [0.05, 0.1) is 17.0 Å². The van der Waals surface area contributed by atoms with E-state index in [1.165, 1.54) is 35.2 Å². The minimum Gasteiger partial charge on any atom is -0.390 e. The maximum Gasteiger partial charge on any atom is 0.253 e. The van der Waals surface area contributed by atoms with Crippen molar-refractivity contribution in [2.24, 2.45) is 0 Å². The molecule has 0 fully saturated rings. The summed E-state index contributed by atoms with van der Waals surface area (Å²) in [6.45, 7) is 7.03. The summed E-state index contributed by atoms with van der Waals surface area (Å²) >= 11 is 2.70. The Morgan fingerprint density at radius 1 is 1.07 bits per heavy atom. The molecular formula is C31H35F2N5O3S2. The van der Waals surface area contributed by atoms with Gasteiger partial charge in [0, 0.05) is 36.0 Å². The van der Waals surface area contributed by atoms with Crippen LogP contribution in [0.1, 0.15) is 58.5 Å². The number of aliphatic hydroxyl groups excluding tert-OH is 1. The Hall–Kier alpha value is -3.61. The molecule has 2 unspecified atom stereocenters. The molecule has 2 amide bonds. The lowest BCUT2D eigenvalue weighted by molar-refractivity contribution is 0.0755. The molecule has 0 saturated heterocycles. The van der Waals surface area contributed by atoms with Crippen LogP contribution in [0.15, 0.2) is 59.1 Å². The number of nitrogens with one attached hydrogen (secondary N) is 2. The van der Waals surface area contributed by atoms with Crippen molar-refractivity contribution in [1.29, 1.82) is 0 Å². The van der Waals surface area contributed by atoms with Crippen LogP contribution in [0.5, 0.6) is 0 Å². The third-order valence-corrected chi connectivity index (χ3v) is 8.45. The highest BCUT2D eigenvalue weighted by atomic mass is 32.2. The molecule has 2 heterocycles. The third kappa shape index (κ3) is 8.94. The van der Waals surface area contributed by atoms with Gasteiger partial charge in [-0.3, -0.25) is 14.7 Å². The van der Waals surface area contributed by atoms with Crippen LogP contribution in [-0.4, -0.2) is 68.0 Å². The van der Waals surface area contributed by atoms with Crippen molar-refractivity contribution in [1.82, 2.24) is 25.4 Å². The second-order valence-electron chi connectivity index (χ2n) is 10.3. The Morgan fingerprint density at radius 3 is 2.42 bits per heavy atom. The third-order valence-electron chi connectivity index (χ3n) is 6.62. The Labute approximate surface area is 257 Å². The van der Waals surface area contributed by atoms with E-state index >= 15 is 0 Å². The van der Waals surface area contributed by atoms with E-state index in [0.29, 0.717) is 29.6 Å². The van der Waals surface area contributed by atoms with Crippen LogP contribution in [0.2, 0.25) is 0 Å². The van der Waals surface area contributed by atoms with Gasteiger partial charge in [0.1, 0.15) is 11.6 Å². The van der Waals surface area contributed by atoms with E-state index in [-0.39, 0.29) is 29.2 Å². The number of nitrogens with zero attached hydrogens (tertiary/aromatic N) is 3. The number of halogens is 2. The number of thioether (sulfide) groups is 1. The summed E-state index contributed by atoms with van der Waals surface area (Å²) < 4.78 is 28.0. The molecule has 0 aliphatic rings. The largest absolute Gasteiger partial charge is 0.390 e. The van der Waals surface area contributed by atoms with Crippen LogP contribution in [0.25, 0.3) is 10.7 Å². The highest BCUT2D eigenvalue weighted by Crippen LogP contribution is 2.24. The number of aryl methyl sites for hydroxylation is 1. The highest BCUT2D eigenvalue weighted by molar-refractivity contribution is 7.99. The molecule has 0 bridgehead atoms. The molecule has 4 rings (SSSR count). The lowest BCUT2D eigenvalue weighted by Gasteiger charge is -2.25. The fourth-order valence-electron chi connectivity index (χ4n) is 4.70. The summed E-state index contributed by atoms with van der Waals surface area (Å²) in [5, 5.41) is 23.4. The first-order valence-electron chi connectivity index (χ1n) is 14.1. The smallest absolute Gasteiger partial charge is 0.253 e. The number of aromatic nitrogens is 3. The van der Waals surface area contributed by atoms with Gasteiger partial charge in [-0.2, -0.15) is 0 Å². The van der Waals surface area contributed by atoms with Gasteiger partial charge in [-0.05, 0) is 79.1 Å². The maximum atomic E-state index is 14.0. The molecule has 2 aromatic carbocycles. The van der Waals surface area contributed by atoms with Crippen LogP contribution in [0.3, 0.4) is 0 Å². The number of hydrogen-bond acceptors (Lipinski definition) is 7. The number of carbonyl (C=O) groups excluding carboxylic acids is 2. The van der Waals surface area contributed by atoms with Gasteiger partial charge in [-0.1, -0.05) is 31.7 Å². The van der Waals surface area contributed by atoms with Crippen molar-refractivity contribution in [3.8, 4) is 10.7 Å². The molecule has 2 aromatic heterocycles. The molecule has 0 spiro atoms. The van der Waals surface area contributed by atoms with Gasteiger partial charge in [0.2, 0.25) is 5.16 Å². The normalized spacial score (nSPS) is 12.6. The Balaban J connectivity index is 1.53. The number of aromatic amines is 1. The van der Waals surface area contributed by atoms with Gasteiger partial charge in [-0.25, -0.2) is 13.8 Å². The molecule has 2 atom stereocenters. The number of hydrogen-bond donors (Lipinski definition) is 3. The van der Waals surface area contributed by atoms with E-state index in [4.69, 9.17) is 0 Å². The van der Waals surface area contributed by atoms with Crippen molar-refractivity contribution >= 4 is 34.9 Å². The van der Waals surface area contributed by atoms with Crippen LogP contribution in [-0.2, 0) is 6.42 Å². The molecule has 4 aromatic rings. The lowest BCUT2D eigenvalue weighted by atomic mass is 10.00. The Bertz CT molecular complexity index is 1500. The second-order valence-corrected chi connectivity index (χ2v) is 12.2. The predicted molar refractivity (Wildman–Crippen MR) is 165 cm³/mol. The average molecular weight is 628 g/mol. The van der Waals surface area contributed by atoms with Crippen LogP contribution >= 0.6 is 23.1 Å². The molecule has 228 valence electrons. The number of carbonyl (C=O) groups is 2. The monoisotopic (exact) mass is 627 g/mol. The number of aliphatic hydroxyl groups is 1. The molecule has 0 radical (unpaired) electrons. The first kappa shape index (κ1) is 32.3. The van der Waals surface area contributed by atoms with Crippen molar-refractivity contribution in [3.63, 3.8) is 0 Å². The number of H-pyrrole nitrogens is 1. The van der Waals surface area contributed by atoms with E-state index in [1.54, 1.807) is 30.0 Å². The topological polar surface area (TPSA) is 111 Å². The van der Waals surface area contributed by atoms with Gasteiger partial charge in [0.25, 0.3) is 11.8 Å². The van der Waals surface area contributed by atoms with E-state index in [2.05, 4.69) is 20.5 Å². The van der Waals surface area contributed by atoms with Gasteiger partial charge >= 0.3 is 0 Å². The summed E-state index contributed by atoms with van der Waals surface area (Å²) in [5.74, 6) is -1.47. The number of rotatable bonds is 14. The second kappa shape index (κ2) is 15.2. The van der Waals surface area contributed by atoms with E-state index in [9.17, 15) is 23.5 Å². The van der Waals surface area contributed by atoms with Crippen LogP contribution in [0.4, 0.5) is 8.78 Å². The van der Waals surface area contributed by atoms with E-state index in [0.717, 1.165) is 29.3 Å². The first-order valence-corrected chi connectivity index (χ1v) is 16.0. The van der Waals surface area contributed by atoms with Crippen LogP contribution in [0, 0.1) is 18.6 Å². The van der Waals surface area contributed by atoms with Crippen molar-refractivity contribution < 1.29 is 23.5 Å². The summed E-state index contributed by atoms with van der Waals surface area (Å²) in [7, 11) is 0. The summed E-state index contributed by atoms with van der Waals surface area (Å²) in [6.07, 6.45) is 0.465. The van der Waals surface area contributed by atoms with Gasteiger partial charge in [0.15, 0.2) is 5.82 Å². The molecule has 43 heavy (non-hydrogen) atoms. The zero-order valence-corrected chi connectivity index (χ0v) is 25.9. The molecule has 3 N–H and O–H groups in total. The van der Waals surface area contributed by atoms with E-state index < -0.39 is 29.7 Å². The molecule has 8 nitrogen and oxygen atoms in total. The maximum absolute atomic E-state index is 14.0. The summed E-state index contributed by atoms with van der Waals surface area (Å²) in [5.41, 5.74) is 1.66. The Morgan fingerprint density at radius 2 is 1.77 bits per heavy atom. The summed E-state index contributed by atoms with van der Waals surface area (Å²) in [4.78, 5) is 33.9. The molecule has 0 aliphatic carbocycles. The zero-order chi connectivity index (χ0) is 30.9. The molecular weight excluding hydrogens is 593 g/mol. The summed E-state index contributed by atoms with van der Waals surface area (Å²) in [6, 6.07) is 11.0. The quantitative estimate of drug-likeness (QED) is 0.151. The predicted octanol–water partition coefficient (Wildman–Crippen LogP) is 5.88. The number of amides is 2. The van der Waals surface area contributed by atoms with Gasteiger partial charge < -0.3 is 15.3 Å².